The molecule has 1 saturated heterocycles. The van der Waals surface area contributed by atoms with Gasteiger partial charge in [-0.25, -0.2) is 9.78 Å². The zero-order valence-electron chi connectivity index (χ0n) is 29.0. The fourth-order valence-corrected chi connectivity index (χ4v) is 5.97. The van der Waals surface area contributed by atoms with Crippen LogP contribution in [0.4, 0.5) is 0 Å². The number of epoxide rings is 1. The number of aliphatic hydroxyl groups is 2. The molecule has 10 nitrogen and oxygen atoms in total. The number of methoxy groups -OCH3 is 1. The molecule has 0 aromatic carbocycles. The molecule has 10 heteroatoms. The zero-order chi connectivity index (χ0) is 34.7. The summed E-state index contributed by atoms with van der Waals surface area (Å²) in [6.45, 7) is 13.4. The number of fused-ring (bicyclic) bond motifs is 1. The Morgan fingerprint density at radius 2 is 1.98 bits per heavy atom. The topological polar surface area (TPSA) is 141 Å². The highest BCUT2D eigenvalue weighted by Crippen LogP contribution is 2.43. The molecule has 0 amide bonds. The minimum Gasteiger partial charge on any atom is -0.466 e. The second-order valence-electron chi connectivity index (χ2n) is 13.0. The molecule has 1 aromatic heterocycles. The van der Waals surface area contributed by atoms with Crippen LogP contribution in [0.15, 0.2) is 64.4 Å². The van der Waals surface area contributed by atoms with Crippen molar-refractivity contribution in [1.29, 1.82) is 0 Å². The lowest BCUT2D eigenvalue weighted by Gasteiger charge is -2.32. The maximum atomic E-state index is 13.1. The van der Waals surface area contributed by atoms with E-state index in [1.54, 1.807) is 33.3 Å². The van der Waals surface area contributed by atoms with Gasteiger partial charge in [-0.2, -0.15) is 0 Å². The Morgan fingerprint density at radius 1 is 1.23 bits per heavy atom. The van der Waals surface area contributed by atoms with E-state index in [0.717, 1.165) is 16.8 Å². The van der Waals surface area contributed by atoms with Gasteiger partial charge in [0, 0.05) is 44.8 Å². The molecule has 3 heterocycles. The molecule has 2 N–H and O–H groups in total. The first-order chi connectivity index (χ1) is 22.3. The summed E-state index contributed by atoms with van der Waals surface area (Å²) in [5.74, 6) is -1.07. The number of nitrogens with zero attached hydrogens (tertiary/aromatic N) is 1. The standard InChI is InChI=1S/C37H53NO9/c1-9-44-35(42)20-28-14-11-15-34(41)46-31(21-32(40)37(7)33(47-37)17-16-24(3)30(39)19-28)26(5)36(43-8)25(4)13-10-12-23(2)18-29-22-45-27(6)38-29/h10-13,15-18,22,24,26,28,30-33,36,39-40H,9,14,19-21H2,1-8H3/b12-10+,15-11+,17-16+,23-18+,25-13+/t24-,26+,28-,30-,31+,32+,33-,36+,37-/m1/s1. The van der Waals surface area contributed by atoms with Gasteiger partial charge in [0.25, 0.3) is 0 Å². The van der Waals surface area contributed by atoms with Crippen molar-refractivity contribution in [3.8, 4) is 0 Å². The summed E-state index contributed by atoms with van der Waals surface area (Å²) >= 11 is 0. The number of hydrogen-bond donors (Lipinski definition) is 2. The van der Waals surface area contributed by atoms with E-state index in [9.17, 15) is 19.8 Å². The highest BCUT2D eigenvalue weighted by atomic mass is 16.6. The van der Waals surface area contributed by atoms with Crippen molar-refractivity contribution in [1.82, 2.24) is 4.98 Å². The summed E-state index contributed by atoms with van der Waals surface area (Å²) in [6, 6.07) is 0. The van der Waals surface area contributed by atoms with Gasteiger partial charge in [-0.3, -0.25) is 4.79 Å². The summed E-state index contributed by atoms with van der Waals surface area (Å²) in [4.78, 5) is 29.7. The number of oxazole rings is 1. The molecule has 3 rings (SSSR count). The zero-order valence-corrected chi connectivity index (χ0v) is 29.0. The van der Waals surface area contributed by atoms with E-state index >= 15 is 0 Å². The van der Waals surface area contributed by atoms with Crippen LogP contribution in [0.2, 0.25) is 0 Å². The van der Waals surface area contributed by atoms with Gasteiger partial charge in [0.2, 0.25) is 0 Å². The minimum absolute atomic E-state index is 0.126. The van der Waals surface area contributed by atoms with Crippen LogP contribution in [-0.4, -0.2) is 77.0 Å². The third-order valence-corrected chi connectivity index (χ3v) is 9.03. The van der Waals surface area contributed by atoms with Crippen molar-refractivity contribution in [2.24, 2.45) is 17.8 Å². The number of rotatable bonds is 10. The smallest absolute Gasteiger partial charge is 0.330 e. The van der Waals surface area contributed by atoms with Gasteiger partial charge in [-0.15, -0.1) is 0 Å². The normalized spacial score (nSPS) is 32.3. The van der Waals surface area contributed by atoms with Crippen LogP contribution in [0.5, 0.6) is 0 Å². The van der Waals surface area contributed by atoms with Gasteiger partial charge in [0.15, 0.2) is 5.89 Å². The molecule has 0 spiro atoms. The number of allylic oxidation sites excluding steroid dienone is 5. The Kier molecular flexibility index (Phi) is 14.4. The molecular formula is C37H53NO9. The Balaban J connectivity index is 1.82. The Bertz CT molecular complexity index is 1340. The summed E-state index contributed by atoms with van der Waals surface area (Å²) in [6.07, 6.45) is 14.0. The van der Waals surface area contributed by atoms with Gasteiger partial charge in [-0.05, 0) is 63.7 Å². The van der Waals surface area contributed by atoms with Gasteiger partial charge in [0.1, 0.15) is 29.8 Å². The van der Waals surface area contributed by atoms with Gasteiger partial charge in [0.05, 0.1) is 24.9 Å². The predicted molar refractivity (Wildman–Crippen MR) is 179 cm³/mol. The molecule has 2 aliphatic heterocycles. The van der Waals surface area contributed by atoms with Crippen LogP contribution in [-0.2, 0) is 28.5 Å². The van der Waals surface area contributed by atoms with E-state index in [4.69, 9.17) is 23.4 Å². The fraction of sp³-hybridized carbons (Fsp3) is 0.595. The SMILES string of the molecule is CCOC(=O)C[C@@H]1C/C=C/C(=O)O[C@H]([C@H](C)[C@@H](OC)/C(C)=C/C=C/C(C)=C/c2coc(C)n2)C[C@H](O)[C@@]2(C)O[C@@H]2/C=C/[C@@H](C)[C@H](O)C1. The summed E-state index contributed by atoms with van der Waals surface area (Å²) in [7, 11) is 1.61. The number of aliphatic hydroxyl groups excluding tert-OH is 2. The van der Waals surface area contributed by atoms with Crippen LogP contribution in [0, 0.1) is 24.7 Å². The highest BCUT2D eigenvalue weighted by molar-refractivity contribution is 5.82. The van der Waals surface area contributed by atoms with Crippen LogP contribution in [0.1, 0.15) is 78.8 Å². The molecule has 0 radical (unpaired) electrons. The summed E-state index contributed by atoms with van der Waals surface area (Å²) in [5.41, 5.74) is 1.78. The number of hydrogen-bond acceptors (Lipinski definition) is 10. The molecule has 0 saturated carbocycles. The van der Waals surface area contributed by atoms with Crippen LogP contribution in [0.3, 0.4) is 0 Å². The maximum absolute atomic E-state index is 13.1. The molecule has 1 aromatic rings. The van der Waals surface area contributed by atoms with Crippen molar-refractivity contribution in [3.05, 3.63) is 71.5 Å². The second-order valence-corrected chi connectivity index (χ2v) is 13.0. The number of carbonyl (C=O) groups excluding carboxylic acids is 2. The summed E-state index contributed by atoms with van der Waals surface area (Å²) < 4.78 is 28.2. The van der Waals surface area contributed by atoms with E-state index in [0.29, 0.717) is 18.7 Å². The third-order valence-electron chi connectivity index (χ3n) is 9.03. The molecule has 260 valence electrons. The van der Waals surface area contributed by atoms with E-state index in [1.165, 1.54) is 6.08 Å². The van der Waals surface area contributed by atoms with Crippen molar-refractivity contribution in [2.45, 2.75) is 110 Å². The molecule has 1 fully saturated rings. The maximum Gasteiger partial charge on any atom is 0.330 e. The minimum atomic E-state index is -0.932. The van der Waals surface area contributed by atoms with Crippen LogP contribution in [0.25, 0.3) is 6.08 Å². The predicted octanol–water partition coefficient (Wildman–Crippen LogP) is 5.83. The van der Waals surface area contributed by atoms with E-state index < -0.39 is 36.0 Å². The lowest BCUT2D eigenvalue weighted by molar-refractivity contribution is -0.150. The van der Waals surface area contributed by atoms with Crippen LogP contribution < -0.4 is 0 Å². The number of aromatic nitrogens is 1. The van der Waals surface area contributed by atoms with Crippen molar-refractivity contribution in [2.75, 3.05) is 13.7 Å². The third kappa shape index (κ3) is 11.4. The first-order valence-electron chi connectivity index (χ1n) is 16.5. The average molecular weight is 656 g/mol. The van der Waals surface area contributed by atoms with Gasteiger partial charge < -0.3 is 33.6 Å². The number of aryl methyl sites for hydroxylation is 1. The molecule has 0 bridgehead atoms. The molecule has 47 heavy (non-hydrogen) atoms. The lowest BCUT2D eigenvalue weighted by atomic mass is 9.85. The molecule has 2 aliphatic rings. The van der Waals surface area contributed by atoms with Gasteiger partial charge in [-0.1, -0.05) is 50.3 Å². The molecule has 9 atom stereocenters. The second kappa shape index (κ2) is 17.7. The van der Waals surface area contributed by atoms with E-state index in [-0.39, 0.29) is 49.3 Å². The molecule has 0 unspecified atom stereocenters. The molecular weight excluding hydrogens is 602 g/mol. The number of cyclic esters (lactones) is 1. The summed E-state index contributed by atoms with van der Waals surface area (Å²) in [5, 5.41) is 22.2. The van der Waals surface area contributed by atoms with E-state index in [2.05, 4.69) is 4.98 Å². The van der Waals surface area contributed by atoms with Crippen molar-refractivity contribution in [3.63, 3.8) is 0 Å². The van der Waals surface area contributed by atoms with Crippen LogP contribution >= 0.6 is 0 Å². The fourth-order valence-electron chi connectivity index (χ4n) is 5.97. The number of ether oxygens (including phenoxy) is 4. The lowest BCUT2D eigenvalue weighted by Crippen LogP contribution is -2.41. The Morgan fingerprint density at radius 3 is 2.64 bits per heavy atom. The van der Waals surface area contributed by atoms with E-state index in [1.807, 2.05) is 71.1 Å². The monoisotopic (exact) mass is 655 g/mol. The molecule has 0 aliphatic carbocycles. The van der Waals surface area contributed by atoms with Crippen molar-refractivity contribution >= 4 is 18.0 Å². The Labute approximate surface area is 279 Å². The number of carbonyl (C=O) groups is 2. The largest absolute Gasteiger partial charge is 0.466 e. The van der Waals surface area contributed by atoms with Crippen molar-refractivity contribution < 1.29 is 43.2 Å². The Hall–Kier alpha value is -3.31. The number of esters is 2. The highest BCUT2D eigenvalue weighted by Gasteiger charge is 2.57. The first kappa shape index (κ1) is 38.1. The quantitative estimate of drug-likeness (QED) is 0.137. The average Bonchev–Trinajstić information content (AvgIpc) is 3.51. The van der Waals surface area contributed by atoms with Gasteiger partial charge >= 0.3 is 11.9 Å². The first-order valence-corrected chi connectivity index (χ1v) is 16.5.